The Hall–Kier alpha value is -1.79. The van der Waals surface area contributed by atoms with Gasteiger partial charge in [0.1, 0.15) is 0 Å². The van der Waals surface area contributed by atoms with Gasteiger partial charge in [-0.1, -0.05) is 24.4 Å². The number of hydrogen-bond acceptors (Lipinski definition) is 3. The van der Waals surface area contributed by atoms with Crippen molar-refractivity contribution in [2.45, 2.75) is 38.0 Å². The summed E-state index contributed by atoms with van der Waals surface area (Å²) in [4.78, 5) is 16.4. The summed E-state index contributed by atoms with van der Waals surface area (Å²) < 4.78 is 0. The first-order chi connectivity index (χ1) is 10.6. The third-order valence-electron chi connectivity index (χ3n) is 4.14. The van der Waals surface area contributed by atoms with E-state index < -0.39 is 6.29 Å². The monoisotopic (exact) mass is 321 g/mol. The predicted molar refractivity (Wildman–Crippen MR) is 87.5 cm³/mol. The summed E-state index contributed by atoms with van der Waals surface area (Å²) in [6.45, 7) is 0. The molecule has 1 heterocycles. The Kier molecular flexibility index (Phi) is 4.49. The Morgan fingerprint density at radius 2 is 2.00 bits per heavy atom. The van der Waals surface area contributed by atoms with Crippen LogP contribution in [0.15, 0.2) is 29.3 Å². The van der Waals surface area contributed by atoms with Crippen molar-refractivity contribution >= 4 is 29.2 Å². The molecular weight excluding hydrogens is 302 g/mol. The molecule has 0 radical (unpaired) electrons. The lowest BCUT2D eigenvalue weighted by Gasteiger charge is -2.38. The van der Waals surface area contributed by atoms with Gasteiger partial charge in [0.2, 0.25) is 5.91 Å². The van der Waals surface area contributed by atoms with E-state index in [1.807, 2.05) is 12.1 Å². The van der Waals surface area contributed by atoms with Crippen molar-refractivity contribution in [2.75, 3.05) is 5.32 Å². The van der Waals surface area contributed by atoms with Gasteiger partial charge in [-0.25, -0.2) is 4.99 Å². The smallest absolute Gasteiger partial charge is 0.227 e. The van der Waals surface area contributed by atoms with Crippen LogP contribution < -0.4 is 21.7 Å². The maximum Gasteiger partial charge on any atom is 0.227 e. The molecule has 0 spiro atoms. The number of halogens is 1. The van der Waals surface area contributed by atoms with Gasteiger partial charge in [0.25, 0.3) is 0 Å². The zero-order valence-electron chi connectivity index (χ0n) is 12.2. The van der Waals surface area contributed by atoms with E-state index in [9.17, 15) is 4.79 Å². The molecule has 1 saturated carbocycles. The standard InChI is InChI=1S/C15H20ClN5O/c16-9-5-7-10(8-6-9)18-14(17)21-15-19-12-4-2-1-3-11(12)13(22)20-15/h5-8,11-12,15,19H,1-4H2,(H,20,22)(H3,17,18,21). The van der Waals surface area contributed by atoms with Gasteiger partial charge in [0.05, 0.1) is 5.92 Å². The van der Waals surface area contributed by atoms with E-state index in [1.165, 1.54) is 0 Å². The molecule has 22 heavy (non-hydrogen) atoms. The SMILES string of the molecule is N/C(=N\C1NC(=O)C2CCCCC2N1)Nc1ccc(Cl)cc1. The number of rotatable bonds is 2. The number of hydrogen-bond donors (Lipinski definition) is 4. The zero-order valence-corrected chi connectivity index (χ0v) is 12.9. The van der Waals surface area contributed by atoms with E-state index >= 15 is 0 Å². The first kappa shape index (κ1) is 15.1. The second-order valence-corrected chi connectivity index (χ2v) is 6.16. The van der Waals surface area contributed by atoms with Gasteiger partial charge < -0.3 is 16.4 Å². The minimum atomic E-state index is -0.480. The lowest BCUT2D eigenvalue weighted by atomic mass is 9.83. The van der Waals surface area contributed by atoms with E-state index in [0.717, 1.165) is 31.4 Å². The van der Waals surface area contributed by atoms with Gasteiger partial charge in [-0.3, -0.25) is 10.1 Å². The average Bonchev–Trinajstić information content (AvgIpc) is 2.49. The van der Waals surface area contributed by atoms with Gasteiger partial charge in [0, 0.05) is 16.8 Å². The van der Waals surface area contributed by atoms with Crippen LogP contribution in [0.25, 0.3) is 0 Å². The molecule has 7 heteroatoms. The molecule has 3 rings (SSSR count). The number of nitrogens with zero attached hydrogens (tertiary/aromatic N) is 1. The number of carbonyl (C=O) groups excluding carboxylic acids is 1. The highest BCUT2D eigenvalue weighted by Crippen LogP contribution is 2.27. The maximum absolute atomic E-state index is 12.1. The minimum Gasteiger partial charge on any atom is -0.370 e. The largest absolute Gasteiger partial charge is 0.370 e. The van der Waals surface area contributed by atoms with E-state index in [1.54, 1.807) is 12.1 Å². The van der Waals surface area contributed by atoms with Crippen LogP contribution >= 0.6 is 11.6 Å². The molecule has 0 aromatic heterocycles. The van der Waals surface area contributed by atoms with Crippen LogP contribution in [0.3, 0.4) is 0 Å². The van der Waals surface area contributed by atoms with Crippen LogP contribution in [-0.4, -0.2) is 24.2 Å². The number of aliphatic imine (C=N–C) groups is 1. The molecule has 2 aliphatic rings. The molecule has 1 aromatic rings. The van der Waals surface area contributed by atoms with Gasteiger partial charge in [-0.05, 0) is 37.1 Å². The van der Waals surface area contributed by atoms with Crippen molar-refractivity contribution < 1.29 is 4.79 Å². The number of fused-ring (bicyclic) bond motifs is 1. The number of anilines is 1. The summed E-state index contributed by atoms with van der Waals surface area (Å²) in [6, 6.07) is 7.36. The van der Waals surface area contributed by atoms with Crippen LogP contribution in [0, 0.1) is 5.92 Å². The molecule has 0 bridgehead atoms. The lowest BCUT2D eigenvalue weighted by Crippen LogP contribution is -2.61. The summed E-state index contributed by atoms with van der Waals surface area (Å²) in [6.07, 6.45) is 3.74. The normalized spacial score (nSPS) is 28.7. The predicted octanol–water partition coefficient (Wildman–Crippen LogP) is 1.63. The molecule has 1 aliphatic heterocycles. The summed E-state index contributed by atoms with van der Waals surface area (Å²) >= 11 is 5.84. The summed E-state index contributed by atoms with van der Waals surface area (Å²) in [7, 11) is 0. The highest BCUT2D eigenvalue weighted by molar-refractivity contribution is 6.30. The van der Waals surface area contributed by atoms with Gasteiger partial charge in [-0.2, -0.15) is 0 Å². The number of benzene rings is 1. The number of nitrogens with one attached hydrogen (secondary N) is 3. The van der Waals surface area contributed by atoms with E-state index in [4.69, 9.17) is 17.3 Å². The van der Waals surface area contributed by atoms with Crippen molar-refractivity contribution in [2.24, 2.45) is 16.6 Å². The minimum absolute atomic E-state index is 0.0608. The third kappa shape index (κ3) is 3.51. The molecule has 1 amide bonds. The first-order valence-electron chi connectivity index (χ1n) is 7.54. The lowest BCUT2D eigenvalue weighted by molar-refractivity contribution is -0.130. The van der Waals surface area contributed by atoms with Crippen molar-refractivity contribution in [3.63, 3.8) is 0 Å². The maximum atomic E-state index is 12.1. The molecule has 118 valence electrons. The van der Waals surface area contributed by atoms with Gasteiger partial charge in [-0.15, -0.1) is 0 Å². The fraction of sp³-hybridized carbons (Fsp3) is 0.467. The third-order valence-corrected chi connectivity index (χ3v) is 4.39. The van der Waals surface area contributed by atoms with E-state index in [-0.39, 0.29) is 23.8 Å². The van der Waals surface area contributed by atoms with Gasteiger partial charge in [0.15, 0.2) is 12.2 Å². The van der Waals surface area contributed by atoms with E-state index in [0.29, 0.717) is 5.02 Å². The molecular formula is C15H20ClN5O. The second-order valence-electron chi connectivity index (χ2n) is 5.72. The van der Waals surface area contributed by atoms with Crippen molar-refractivity contribution in [1.29, 1.82) is 0 Å². The first-order valence-corrected chi connectivity index (χ1v) is 7.92. The van der Waals surface area contributed by atoms with Crippen LogP contribution in [0.5, 0.6) is 0 Å². The van der Waals surface area contributed by atoms with E-state index in [2.05, 4.69) is 20.9 Å². The Bertz CT molecular complexity index is 574. The topological polar surface area (TPSA) is 91.5 Å². The highest BCUT2D eigenvalue weighted by Gasteiger charge is 2.37. The summed E-state index contributed by atoms with van der Waals surface area (Å²) in [5, 5.41) is 9.85. The van der Waals surface area contributed by atoms with Crippen molar-refractivity contribution in [1.82, 2.24) is 10.6 Å². The highest BCUT2D eigenvalue weighted by atomic mass is 35.5. The Morgan fingerprint density at radius 3 is 2.77 bits per heavy atom. The van der Waals surface area contributed by atoms with Crippen LogP contribution in [0.1, 0.15) is 25.7 Å². The molecule has 1 saturated heterocycles. The molecule has 3 unspecified atom stereocenters. The summed E-state index contributed by atoms with van der Waals surface area (Å²) in [5.74, 6) is 0.372. The average molecular weight is 322 g/mol. The quantitative estimate of drug-likeness (QED) is 0.492. The number of guanidine groups is 1. The second kappa shape index (κ2) is 6.54. The fourth-order valence-electron chi connectivity index (χ4n) is 3.05. The Balaban J connectivity index is 1.63. The molecule has 3 atom stereocenters. The number of nitrogens with two attached hydrogens (primary N) is 1. The van der Waals surface area contributed by atoms with Crippen LogP contribution in [0.4, 0.5) is 5.69 Å². The molecule has 1 aromatic carbocycles. The summed E-state index contributed by atoms with van der Waals surface area (Å²) in [5.41, 5.74) is 6.70. The molecule has 5 N–H and O–H groups in total. The number of amides is 1. The fourth-order valence-corrected chi connectivity index (χ4v) is 3.18. The van der Waals surface area contributed by atoms with Gasteiger partial charge >= 0.3 is 0 Å². The Labute approximate surface area is 134 Å². The van der Waals surface area contributed by atoms with Crippen molar-refractivity contribution in [3.05, 3.63) is 29.3 Å². The Morgan fingerprint density at radius 1 is 1.27 bits per heavy atom. The zero-order chi connectivity index (χ0) is 15.5. The number of carbonyl (C=O) groups is 1. The molecule has 1 aliphatic carbocycles. The molecule has 2 fully saturated rings. The van der Waals surface area contributed by atoms with Crippen LogP contribution in [0.2, 0.25) is 5.02 Å². The van der Waals surface area contributed by atoms with Crippen molar-refractivity contribution in [3.8, 4) is 0 Å². The van der Waals surface area contributed by atoms with Crippen LogP contribution in [-0.2, 0) is 4.79 Å². The molecule has 6 nitrogen and oxygen atoms in total.